The van der Waals surface area contributed by atoms with Crippen LogP contribution in [0.2, 0.25) is 5.02 Å². The lowest BCUT2D eigenvalue weighted by atomic mass is 9.75. The summed E-state index contributed by atoms with van der Waals surface area (Å²) in [5, 5.41) is 7.68. The summed E-state index contributed by atoms with van der Waals surface area (Å²) in [5.74, 6) is 1.65. The number of ether oxygens (including phenoxy) is 2. The van der Waals surface area contributed by atoms with Gasteiger partial charge in [0.2, 0.25) is 0 Å². The molecule has 3 aliphatic heterocycles. The van der Waals surface area contributed by atoms with Gasteiger partial charge in [-0.15, -0.1) is 0 Å². The molecule has 36 heavy (non-hydrogen) atoms. The van der Waals surface area contributed by atoms with Crippen LogP contribution >= 0.6 is 11.6 Å². The largest absolute Gasteiger partial charge is 0.381 e. The molecule has 3 saturated heterocycles. The number of aromatic nitrogens is 2. The molecule has 4 aliphatic rings. The van der Waals surface area contributed by atoms with Crippen LogP contribution in [0, 0.1) is 5.41 Å². The number of anilines is 2. The fraction of sp³-hybridized carbons (Fsp3) is 0.630. The lowest BCUT2D eigenvalue weighted by Crippen LogP contribution is -2.68. The van der Waals surface area contributed by atoms with E-state index in [4.69, 9.17) is 31.8 Å². The number of nitrogens with one attached hydrogen (secondary N) is 2. The molecule has 0 atom stereocenters. The number of nitrogens with zero attached hydrogens (tertiary/aromatic N) is 3. The van der Waals surface area contributed by atoms with Crippen molar-refractivity contribution in [2.75, 3.05) is 56.7 Å². The summed E-state index contributed by atoms with van der Waals surface area (Å²) in [6.07, 6.45) is 8.21. The summed E-state index contributed by atoms with van der Waals surface area (Å²) in [6.45, 7) is 6.45. The van der Waals surface area contributed by atoms with Crippen molar-refractivity contribution < 1.29 is 9.47 Å². The highest BCUT2D eigenvalue weighted by Crippen LogP contribution is 2.41. The zero-order chi connectivity index (χ0) is 24.6. The van der Waals surface area contributed by atoms with Crippen molar-refractivity contribution in [3.8, 4) is 11.3 Å². The minimum Gasteiger partial charge on any atom is -0.381 e. The van der Waals surface area contributed by atoms with Crippen molar-refractivity contribution in [1.82, 2.24) is 14.9 Å². The molecule has 4 fully saturated rings. The fourth-order valence-electron chi connectivity index (χ4n) is 6.06. The SMILES string of the molecule is NC1(CNc2cccc(-c3cc(N[C@H]4CC[C@@H](N5CC6(COC6)C5)CC4)ncc3Cl)n2)CCOCC1. The van der Waals surface area contributed by atoms with E-state index >= 15 is 0 Å². The molecule has 9 heteroatoms. The van der Waals surface area contributed by atoms with E-state index in [0.29, 0.717) is 36.2 Å². The van der Waals surface area contributed by atoms with Crippen molar-refractivity contribution in [1.29, 1.82) is 0 Å². The van der Waals surface area contributed by atoms with Crippen LogP contribution in [0.1, 0.15) is 38.5 Å². The minimum absolute atomic E-state index is 0.261. The molecule has 1 aliphatic carbocycles. The van der Waals surface area contributed by atoms with E-state index in [-0.39, 0.29) is 5.54 Å². The van der Waals surface area contributed by atoms with Gasteiger partial charge in [-0.05, 0) is 56.7 Å². The number of nitrogens with two attached hydrogens (primary N) is 1. The van der Waals surface area contributed by atoms with E-state index in [9.17, 15) is 0 Å². The molecule has 6 rings (SSSR count). The van der Waals surface area contributed by atoms with Crippen LogP contribution in [-0.4, -0.2) is 78.6 Å². The third kappa shape index (κ3) is 5.20. The maximum absolute atomic E-state index is 6.56. The first-order valence-electron chi connectivity index (χ1n) is 13.3. The van der Waals surface area contributed by atoms with E-state index in [1.165, 1.54) is 25.9 Å². The van der Waals surface area contributed by atoms with Crippen LogP contribution in [-0.2, 0) is 9.47 Å². The predicted molar refractivity (Wildman–Crippen MR) is 142 cm³/mol. The third-order valence-electron chi connectivity index (χ3n) is 8.45. The molecule has 0 radical (unpaired) electrons. The van der Waals surface area contributed by atoms with Gasteiger partial charge in [-0.25, -0.2) is 9.97 Å². The fourth-order valence-corrected chi connectivity index (χ4v) is 6.26. The highest BCUT2D eigenvalue weighted by Gasteiger charge is 2.50. The van der Waals surface area contributed by atoms with E-state index in [1.54, 1.807) is 6.20 Å². The van der Waals surface area contributed by atoms with Crippen molar-refractivity contribution in [3.05, 3.63) is 35.5 Å². The molecular weight excluding hydrogens is 476 g/mol. The molecular formula is C27H37ClN6O2. The first-order valence-corrected chi connectivity index (χ1v) is 13.7. The number of hydrogen-bond acceptors (Lipinski definition) is 8. The zero-order valence-corrected chi connectivity index (χ0v) is 21.6. The van der Waals surface area contributed by atoms with Crippen molar-refractivity contribution in [2.24, 2.45) is 11.1 Å². The Hall–Kier alpha value is -1.97. The van der Waals surface area contributed by atoms with Gasteiger partial charge < -0.3 is 25.8 Å². The van der Waals surface area contributed by atoms with E-state index < -0.39 is 0 Å². The summed E-state index contributed by atoms with van der Waals surface area (Å²) in [5.41, 5.74) is 8.47. The van der Waals surface area contributed by atoms with Gasteiger partial charge in [0.25, 0.3) is 0 Å². The number of halogens is 1. The summed E-state index contributed by atoms with van der Waals surface area (Å²) in [7, 11) is 0. The summed E-state index contributed by atoms with van der Waals surface area (Å²) in [4.78, 5) is 12.1. The molecule has 5 heterocycles. The highest BCUT2D eigenvalue weighted by atomic mass is 35.5. The van der Waals surface area contributed by atoms with Crippen molar-refractivity contribution >= 4 is 23.2 Å². The predicted octanol–water partition coefficient (Wildman–Crippen LogP) is 3.77. The molecule has 2 aromatic heterocycles. The second-order valence-corrected chi connectivity index (χ2v) is 11.7. The molecule has 8 nitrogen and oxygen atoms in total. The average Bonchev–Trinajstić information content (AvgIpc) is 2.84. The number of likely N-dealkylation sites (tertiary alicyclic amines) is 1. The molecule has 0 bridgehead atoms. The Morgan fingerprint density at radius 1 is 1.06 bits per heavy atom. The normalized spacial score (nSPS) is 27.2. The molecule has 194 valence electrons. The molecule has 0 amide bonds. The van der Waals surface area contributed by atoms with E-state index in [0.717, 1.165) is 67.8 Å². The summed E-state index contributed by atoms with van der Waals surface area (Å²) in [6, 6.07) is 9.14. The monoisotopic (exact) mass is 512 g/mol. The number of rotatable bonds is 7. The van der Waals surface area contributed by atoms with Crippen LogP contribution in [0.5, 0.6) is 0 Å². The summed E-state index contributed by atoms with van der Waals surface area (Å²) >= 11 is 6.56. The van der Waals surface area contributed by atoms with Gasteiger partial charge in [0.15, 0.2) is 0 Å². The summed E-state index contributed by atoms with van der Waals surface area (Å²) < 4.78 is 10.9. The molecule has 0 aromatic carbocycles. The van der Waals surface area contributed by atoms with Crippen LogP contribution in [0.3, 0.4) is 0 Å². The second kappa shape index (κ2) is 10.1. The van der Waals surface area contributed by atoms with Gasteiger partial charge in [-0.2, -0.15) is 0 Å². The highest BCUT2D eigenvalue weighted by molar-refractivity contribution is 6.33. The maximum atomic E-state index is 6.56. The zero-order valence-electron chi connectivity index (χ0n) is 20.8. The Bertz CT molecular complexity index is 1060. The van der Waals surface area contributed by atoms with Crippen LogP contribution in [0.25, 0.3) is 11.3 Å². The first-order chi connectivity index (χ1) is 17.5. The van der Waals surface area contributed by atoms with Gasteiger partial charge in [-0.1, -0.05) is 17.7 Å². The van der Waals surface area contributed by atoms with Crippen LogP contribution in [0.4, 0.5) is 11.6 Å². The van der Waals surface area contributed by atoms with Crippen molar-refractivity contribution in [3.63, 3.8) is 0 Å². The van der Waals surface area contributed by atoms with E-state index in [1.807, 2.05) is 24.3 Å². The quantitative estimate of drug-likeness (QED) is 0.515. The molecule has 1 spiro atoms. The van der Waals surface area contributed by atoms with E-state index in [2.05, 4.69) is 20.5 Å². The second-order valence-electron chi connectivity index (χ2n) is 11.3. The Labute approximate surface area is 218 Å². The number of pyridine rings is 2. The Morgan fingerprint density at radius 3 is 2.56 bits per heavy atom. The van der Waals surface area contributed by atoms with Gasteiger partial charge in [0.1, 0.15) is 11.6 Å². The van der Waals surface area contributed by atoms with Gasteiger partial charge >= 0.3 is 0 Å². The van der Waals surface area contributed by atoms with Crippen LogP contribution < -0.4 is 16.4 Å². The topological polar surface area (TPSA) is 97.6 Å². The number of hydrogen-bond donors (Lipinski definition) is 3. The molecule has 2 aromatic rings. The Morgan fingerprint density at radius 2 is 1.83 bits per heavy atom. The maximum Gasteiger partial charge on any atom is 0.126 e. The third-order valence-corrected chi connectivity index (χ3v) is 8.75. The van der Waals surface area contributed by atoms with Gasteiger partial charge in [0, 0.05) is 67.6 Å². The first kappa shape index (κ1) is 24.4. The minimum atomic E-state index is -0.261. The standard InChI is InChI=1S/C27H37ClN6O2/c28-22-13-30-25(32-19-4-6-20(7-5-19)34-15-26(16-34)17-36-18-26)12-21(22)23-2-1-3-24(33-23)31-14-27(29)8-10-35-11-9-27/h1-3,12-13,19-20H,4-11,14-18,29H2,(H,30,32)(H,31,33)/t19-,20+. The smallest absolute Gasteiger partial charge is 0.126 e. The van der Waals surface area contributed by atoms with Gasteiger partial charge in [0.05, 0.1) is 23.9 Å². The molecule has 0 unspecified atom stereocenters. The van der Waals surface area contributed by atoms with Crippen molar-refractivity contribution in [2.45, 2.75) is 56.1 Å². The molecule has 1 saturated carbocycles. The Kier molecular flexibility index (Phi) is 6.81. The average molecular weight is 513 g/mol. The lowest BCUT2D eigenvalue weighted by molar-refractivity contribution is -0.200. The molecule has 4 N–H and O–H groups in total. The Balaban J connectivity index is 1.06. The lowest BCUT2D eigenvalue weighted by Gasteiger charge is -2.58. The van der Waals surface area contributed by atoms with Crippen LogP contribution in [0.15, 0.2) is 30.5 Å². The van der Waals surface area contributed by atoms with Gasteiger partial charge in [-0.3, -0.25) is 4.90 Å².